The van der Waals surface area contributed by atoms with Crippen LogP contribution in [-0.4, -0.2) is 44.2 Å². The molecule has 0 atom stereocenters. The van der Waals surface area contributed by atoms with E-state index in [0.29, 0.717) is 6.54 Å². The summed E-state index contributed by atoms with van der Waals surface area (Å²) in [6.45, 7) is 6.02. The molecule has 2 aromatic rings. The molecule has 0 amide bonds. The van der Waals surface area contributed by atoms with Crippen molar-refractivity contribution in [3.05, 3.63) is 70.2 Å². The standard InChI is InChI=1S/C21H27ClN4O/c1-23-21(24-14-17-6-8-20(22)9-7-17)25-15-18-4-2-3-5-19(18)16-26-10-12-27-13-11-26/h2-9H,10-16H2,1H3,(H2,23,24,25). The molecule has 27 heavy (non-hydrogen) atoms. The van der Waals surface area contributed by atoms with Gasteiger partial charge in [0.15, 0.2) is 5.96 Å². The number of ether oxygens (including phenoxy) is 1. The van der Waals surface area contributed by atoms with Gasteiger partial charge in [-0.15, -0.1) is 0 Å². The van der Waals surface area contributed by atoms with Gasteiger partial charge in [-0.3, -0.25) is 9.89 Å². The Morgan fingerprint density at radius 1 is 1.00 bits per heavy atom. The number of benzene rings is 2. The van der Waals surface area contributed by atoms with Gasteiger partial charge in [0.2, 0.25) is 0 Å². The minimum absolute atomic E-state index is 0.701. The van der Waals surface area contributed by atoms with E-state index in [1.54, 1.807) is 7.05 Å². The summed E-state index contributed by atoms with van der Waals surface area (Å²) >= 11 is 5.94. The number of nitrogens with zero attached hydrogens (tertiary/aromatic N) is 2. The highest BCUT2D eigenvalue weighted by Gasteiger charge is 2.12. The quantitative estimate of drug-likeness (QED) is 0.591. The van der Waals surface area contributed by atoms with Crippen LogP contribution in [0.5, 0.6) is 0 Å². The highest BCUT2D eigenvalue weighted by atomic mass is 35.5. The number of hydrogen-bond donors (Lipinski definition) is 2. The summed E-state index contributed by atoms with van der Waals surface area (Å²) in [6.07, 6.45) is 0. The predicted octanol–water partition coefficient (Wildman–Crippen LogP) is 3.04. The van der Waals surface area contributed by atoms with Crippen molar-refractivity contribution >= 4 is 17.6 Å². The first-order valence-electron chi connectivity index (χ1n) is 9.30. The molecule has 0 bridgehead atoms. The number of guanidine groups is 1. The summed E-state index contributed by atoms with van der Waals surface area (Å²) in [6, 6.07) is 16.4. The first-order chi connectivity index (χ1) is 13.2. The molecule has 1 aliphatic heterocycles. The van der Waals surface area contributed by atoms with Gasteiger partial charge in [0.25, 0.3) is 0 Å². The Morgan fingerprint density at radius 3 is 2.37 bits per heavy atom. The van der Waals surface area contributed by atoms with E-state index in [-0.39, 0.29) is 0 Å². The van der Waals surface area contributed by atoms with Crippen LogP contribution in [0.1, 0.15) is 16.7 Å². The molecular weight excluding hydrogens is 360 g/mol. The first-order valence-corrected chi connectivity index (χ1v) is 9.68. The highest BCUT2D eigenvalue weighted by Crippen LogP contribution is 2.13. The second-order valence-electron chi connectivity index (χ2n) is 6.56. The van der Waals surface area contributed by atoms with E-state index in [0.717, 1.165) is 55.9 Å². The predicted molar refractivity (Wildman–Crippen MR) is 111 cm³/mol. The van der Waals surface area contributed by atoms with Crippen LogP contribution in [0.4, 0.5) is 0 Å². The fourth-order valence-electron chi connectivity index (χ4n) is 3.07. The van der Waals surface area contributed by atoms with Crippen LogP contribution in [0.15, 0.2) is 53.5 Å². The Morgan fingerprint density at radius 2 is 1.67 bits per heavy atom. The van der Waals surface area contributed by atoms with Crippen molar-refractivity contribution in [3.63, 3.8) is 0 Å². The van der Waals surface area contributed by atoms with E-state index in [4.69, 9.17) is 16.3 Å². The second-order valence-corrected chi connectivity index (χ2v) is 7.00. The van der Waals surface area contributed by atoms with Crippen molar-refractivity contribution in [2.24, 2.45) is 4.99 Å². The maximum Gasteiger partial charge on any atom is 0.191 e. The van der Waals surface area contributed by atoms with Gasteiger partial charge in [-0.1, -0.05) is 48.0 Å². The largest absolute Gasteiger partial charge is 0.379 e. The fraction of sp³-hybridized carbons (Fsp3) is 0.381. The molecule has 1 heterocycles. The van der Waals surface area contributed by atoms with E-state index in [2.05, 4.69) is 44.8 Å². The summed E-state index contributed by atoms with van der Waals surface area (Å²) < 4.78 is 5.45. The molecule has 6 heteroatoms. The van der Waals surface area contributed by atoms with Crippen molar-refractivity contribution in [1.82, 2.24) is 15.5 Å². The maximum atomic E-state index is 5.94. The lowest BCUT2D eigenvalue weighted by atomic mass is 10.1. The Balaban J connectivity index is 1.54. The summed E-state index contributed by atoms with van der Waals surface area (Å²) in [4.78, 5) is 6.76. The number of hydrogen-bond acceptors (Lipinski definition) is 3. The lowest BCUT2D eigenvalue weighted by Crippen LogP contribution is -2.37. The third-order valence-electron chi connectivity index (χ3n) is 4.66. The molecule has 0 spiro atoms. The minimum atomic E-state index is 0.701. The zero-order valence-corrected chi connectivity index (χ0v) is 16.5. The molecule has 2 N–H and O–H groups in total. The zero-order valence-electron chi connectivity index (χ0n) is 15.7. The van der Waals surface area contributed by atoms with Gasteiger partial charge in [0, 0.05) is 44.8 Å². The maximum absolute atomic E-state index is 5.94. The van der Waals surface area contributed by atoms with E-state index in [1.807, 2.05) is 24.3 Å². The number of rotatable bonds is 6. The van der Waals surface area contributed by atoms with E-state index < -0.39 is 0 Å². The molecule has 1 saturated heterocycles. The topological polar surface area (TPSA) is 48.9 Å². The second kappa shape index (κ2) is 10.3. The molecule has 0 aromatic heterocycles. The van der Waals surface area contributed by atoms with Crippen LogP contribution in [0, 0.1) is 0 Å². The monoisotopic (exact) mass is 386 g/mol. The molecular formula is C21H27ClN4O. The molecule has 144 valence electrons. The van der Waals surface area contributed by atoms with Crippen LogP contribution < -0.4 is 10.6 Å². The Bertz CT molecular complexity index is 742. The fourth-order valence-corrected chi connectivity index (χ4v) is 3.20. The van der Waals surface area contributed by atoms with Gasteiger partial charge in [-0.25, -0.2) is 0 Å². The van der Waals surface area contributed by atoms with Crippen LogP contribution in [0.3, 0.4) is 0 Å². The SMILES string of the molecule is CN=C(NCc1ccc(Cl)cc1)NCc1ccccc1CN1CCOCC1. The number of aliphatic imine (C=N–C) groups is 1. The van der Waals surface area contributed by atoms with Crippen molar-refractivity contribution in [3.8, 4) is 0 Å². The normalized spacial score (nSPS) is 15.6. The molecule has 2 aromatic carbocycles. The Hall–Kier alpha value is -2.08. The highest BCUT2D eigenvalue weighted by molar-refractivity contribution is 6.30. The summed E-state index contributed by atoms with van der Waals surface area (Å²) in [5.74, 6) is 0.783. The molecule has 1 fully saturated rings. The zero-order chi connectivity index (χ0) is 18.9. The third kappa shape index (κ3) is 6.24. The minimum Gasteiger partial charge on any atom is -0.379 e. The number of morpholine rings is 1. The van der Waals surface area contributed by atoms with E-state index >= 15 is 0 Å². The van der Waals surface area contributed by atoms with Crippen molar-refractivity contribution in [2.45, 2.75) is 19.6 Å². The lowest BCUT2D eigenvalue weighted by molar-refractivity contribution is 0.0341. The summed E-state index contributed by atoms with van der Waals surface area (Å²) in [5, 5.41) is 7.51. The van der Waals surface area contributed by atoms with Crippen LogP contribution in [0.25, 0.3) is 0 Å². The van der Waals surface area contributed by atoms with Crippen molar-refractivity contribution < 1.29 is 4.74 Å². The molecule has 1 aliphatic rings. The third-order valence-corrected chi connectivity index (χ3v) is 4.91. The van der Waals surface area contributed by atoms with Gasteiger partial charge in [-0.05, 0) is 28.8 Å². The van der Waals surface area contributed by atoms with Gasteiger partial charge >= 0.3 is 0 Å². The molecule has 3 rings (SSSR count). The number of halogens is 1. The molecule has 0 saturated carbocycles. The van der Waals surface area contributed by atoms with Gasteiger partial charge in [-0.2, -0.15) is 0 Å². The molecule has 0 aliphatic carbocycles. The summed E-state index contributed by atoms with van der Waals surface area (Å²) in [5.41, 5.74) is 3.80. The number of nitrogens with one attached hydrogen (secondary N) is 2. The van der Waals surface area contributed by atoms with Crippen LogP contribution in [0.2, 0.25) is 5.02 Å². The molecule has 5 nitrogen and oxygen atoms in total. The van der Waals surface area contributed by atoms with Crippen molar-refractivity contribution in [2.75, 3.05) is 33.4 Å². The Labute approximate surface area is 166 Å². The van der Waals surface area contributed by atoms with Crippen molar-refractivity contribution in [1.29, 1.82) is 0 Å². The van der Waals surface area contributed by atoms with E-state index in [9.17, 15) is 0 Å². The van der Waals surface area contributed by atoms with Gasteiger partial charge < -0.3 is 15.4 Å². The smallest absolute Gasteiger partial charge is 0.191 e. The average Bonchev–Trinajstić information content (AvgIpc) is 2.71. The van der Waals surface area contributed by atoms with E-state index in [1.165, 1.54) is 11.1 Å². The molecule has 0 radical (unpaired) electrons. The summed E-state index contributed by atoms with van der Waals surface area (Å²) in [7, 11) is 1.79. The van der Waals surface area contributed by atoms with Crippen LogP contribution in [-0.2, 0) is 24.4 Å². The molecule has 0 unspecified atom stereocenters. The van der Waals surface area contributed by atoms with Gasteiger partial charge in [0.1, 0.15) is 0 Å². The van der Waals surface area contributed by atoms with Gasteiger partial charge in [0.05, 0.1) is 13.2 Å². The average molecular weight is 387 g/mol. The lowest BCUT2D eigenvalue weighted by Gasteiger charge is -2.27. The first kappa shape index (κ1) is 19.7. The van der Waals surface area contributed by atoms with Crippen LogP contribution >= 0.6 is 11.6 Å². The Kier molecular flexibility index (Phi) is 7.51.